The maximum Gasteiger partial charge on any atom is 0.239 e. The first kappa shape index (κ1) is 12.6. The minimum atomic E-state index is -0.0505. The number of carbonyl (C=O) groups is 1. The number of amides is 1. The molecule has 0 aliphatic carbocycles. The molecule has 0 unspecified atom stereocenters. The number of rotatable bonds is 4. The van der Waals surface area contributed by atoms with Gasteiger partial charge in [-0.3, -0.25) is 4.79 Å². The predicted molar refractivity (Wildman–Crippen MR) is 74.3 cm³/mol. The molecule has 0 aliphatic rings. The van der Waals surface area contributed by atoms with Crippen molar-refractivity contribution >= 4 is 39.2 Å². The van der Waals surface area contributed by atoms with Crippen LogP contribution in [-0.2, 0) is 4.79 Å². The quantitative estimate of drug-likeness (QED) is 0.860. The summed E-state index contributed by atoms with van der Waals surface area (Å²) < 4.78 is 0. The molecule has 18 heavy (non-hydrogen) atoms. The van der Waals surface area contributed by atoms with Crippen molar-refractivity contribution in [1.29, 1.82) is 0 Å². The molecule has 0 bridgehead atoms. The van der Waals surface area contributed by atoms with Crippen molar-refractivity contribution in [2.45, 2.75) is 0 Å². The van der Waals surface area contributed by atoms with Crippen LogP contribution in [0.2, 0.25) is 0 Å². The lowest BCUT2D eigenvalue weighted by Crippen LogP contribution is -2.33. The second-order valence-electron chi connectivity index (χ2n) is 3.79. The molecule has 7 heteroatoms. The summed E-state index contributed by atoms with van der Waals surface area (Å²) in [5.74, 6) is 1.27. The molecular weight excluding hydrogens is 250 g/mol. The van der Waals surface area contributed by atoms with Crippen LogP contribution < -0.4 is 15.5 Å². The van der Waals surface area contributed by atoms with E-state index in [4.69, 9.17) is 0 Å². The zero-order chi connectivity index (χ0) is 13.1. The molecular formula is C11H15N5OS. The fraction of sp³-hybridized carbons (Fsp3) is 0.364. The van der Waals surface area contributed by atoms with Crippen LogP contribution in [0.5, 0.6) is 0 Å². The van der Waals surface area contributed by atoms with Crippen LogP contribution in [-0.4, -0.2) is 43.6 Å². The molecule has 0 aromatic carbocycles. The number of carbonyl (C=O) groups excluding carboxylic acids is 1. The molecule has 2 N–H and O–H groups in total. The van der Waals surface area contributed by atoms with Gasteiger partial charge < -0.3 is 15.5 Å². The zero-order valence-corrected chi connectivity index (χ0v) is 11.3. The lowest BCUT2D eigenvalue weighted by molar-refractivity contribution is -0.119. The van der Waals surface area contributed by atoms with Gasteiger partial charge in [0.15, 0.2) is 0 Å². The van der Waals surface area contributed by atoms with Crippen LogP contribution in [0.3, 0.4) is 0 Å². The van der Waals surface area contributed by atoms with Crippen LogP contribution >= 0.6 is 11.3 Å². The lowest BCUT2D eigenvalue weighted by Gasteiger charge is -2.18. The van der Waals surface area contributed by atoms with E-state index in [1.165, 1.54) is 0 Å². The highest BCUT2D eigenvalue weighted by Gasteiger charge is 2.14. The van der Waals surface area contributed by atoms with Crippen molar-refractivity contribution in [3.63, 3.8) is 0 Å². The van der Waals surface area contributed by atoms with Crippen molar-refractivity contribution in [3.8, 4) is 0 Å². The molecule has 2 aromatic heterocycles. The Morgan fingerprint density at radius 2 is 2.22 bits per heavy atom. The molecule has 0 saturated carbocycles. The third-order valence-corrected chi connectivity index (χ3v) is 3.36. The number of nitrogens with one attached hydrogen (secondary N) is 2. The maximum atomic E-state index is 11.4. The van der Waals surface area contributed by atoms with Crippen molar-refractivity contribution in [3.05, 3.63) is 11.4 Å². The van der Waals surface area contributed by atoms with E-state index < -0.39 is 0 Å². The van der Waals surface area contributed by atoms with Gasteiger partial charge in [0.05, 0.1) is 11.9 Å². The summed E-state index contributed by atoms with van der Waals surface area (Å²) in [6.07, 6.45) is 0. The number of hydrogen-bond donors (Lipinski definition) is 2. The van der Waals surface area contributed by atoms with E-state index in [1.807, 2.05) is 23.4 Å². The van der Waals surface area contributed by atoms with Crippen molar-refractivity contribution in [2.75, 3.05) is 37.9 Å². The van der Waals surface area contributed by atoms with Gasteiger partial charge >= 0.3 is 0 Å². The Hall–Kier alpha value is -1.89. The smallest absolute Gasteiger partial charge is 0.239 e. The van der Waals surface area contributed by atoms with Gasteiger partial charge in [0.2, 0.25) is 11.9 Å². The van der Waals surface area contributed by atoms with E-state index in [1.54, 1.807) is 25.4 Å². The van der Waals surface area contributed by atoms with Crippen molar-refractivity contribution in [2.24, 2.45) is 0 Å². The van der Waals surface area contributed by atoms with Gasteiger partial charge in [0.1, 0.15) is 10.6 Å². The van der Waals surface area contributed by atoms with Crippen LogP contribution in [0, 0.1) is 0 Å². The topological polar surface area (TPSA) is 70.2 Å². The van der Waals surface area contributed by atoms with Crippen molar-refractivity contribution in [1.82, 2.24) is 15.3 Å². The summed E-state index contributed by atoms with van der Waals surface area (Å²) in [6, 6.07) is 1.97. The Morgan fingerprint density at radius 3 is 2.89 bits per heavy atom. The number of nitrogens with zero attached hydrogens (tertiary/aromatic N) is 3. The second kappa shape index (κ2) is 5.18. The number of thiophene rings is 1. The number of likely N-dealkylation sites (N-methyl/N-ethyl adjacent to an activating group) is 2. The van der Waals surface area contributed by atoms with Gasteiger partial charge in [-0.1, -0.05) is 0 Å². The maximum absolute atomic E-state index is 11.4. The summed E-state index contributed by atoms with van der Waals surface area (Å²) in [6.45, 7) is 0.265. The largest absolute Gasteiger partial charge is 0.358 e. The van der Waals surface area contributed by atoms with Gasteiger partial charge in [-0.2, -0.15) is 4.98 Å². The molecule has 0 atom stereocenters. The first-order chi connectivity index (χ1) is 8.65. The van der Waals surface area contributed by atoms with Gasteiger partial charge in [-0.05, 0) is 11.4 Å². The summed E-state index contributed by atoms with van der Waals surface area (Å²) in [5, 5.41) is 8.46. The Bertz CT molecular complexity index is 568. The van der Waals surface area contributed by atoms with E-state index in [2.05, 4.69) is 20.6 Å². The fourth-order valence-electron chi connectivity index (χ4n) is 1.61. The highest BCUT2D eigenvalue weighted by Crippen LogP contribution is 2.28. The van der Waals surface area contributed by atoms with Crippen molar-refractivity contribution < 1.29 is 4.79 Å². The Morgan fingerprint density at radius 1 is 1.44 bits per heavy atom. The van der Waals surface area contributed by atoms with Gasteiger partial charge in [-0.15, -0.1) is 11.3 Å². The Kier molecular flexibility index (Phi) is 3.61. The first-order valence-corrected chi connectivity index (χ1v) is 6.38. The number of anilines is 2. The molecule has 0 spiro atoms. The molecule has 6 nitrogen and oxygen atoms in total. The standard InChI is InChI=1S/C11H15N5OS/c1-12-8(17)6-16(3)9-7-4-5-18-10(7)15-11(13-2)14-9/h4-5H,6H2,1-3H3,(H,12,17)(H,13,14,15). The molecule has 96 valence electrons. The van der Waals surface area contributed by atoms with Crippen LogP contribution in [0.1, 0.15) is 0 Å². The third-order valence-electron chi connectivity index (χ3n) is 2.55. The molecule has 2 rings (SSSR count). The summed E-state index contributed by atoms with van der Waals surface area (Å²) >= 11 is 1.55. The van der Waals surface area contributed by atoms with Gasteiger partial charge in [-0.25, -0.2) is 4.98 Å². The Labute approximate surface area is 109 Å². The highest BCUT2D eigenvalue weighted by molar-refractivity contribution is 7.16. The number of fused-ring (bicyclic) bond motifs is 1. The van der Waals surface area contributed by atoms with E-state index in [-0.39, 0.29) is 12.5 Å². The number of hydrogen-bond acceptors (Lipinski definition) is 6. The van der Waals surface area contributed by atoms with E-state index >= 15 is 0 Å². The zero-order valence-electron chi connectivity index (χ0n) is 10.5. The first-order valence-electron chi connectivity index (χ1n) is 5.50. The van der Waals surface area contributed by atoms with Crippen LogP contribution in [0.25, 0.3) is 10.2 Å². The van der Waals surface area contributed by atoms with Gasteiger partial charge in [0.25, 0.3) is 0 Å². The SMILES string of the molecule is CNC(=O)CN(C)c1nc(NC)nc2sccc12. The van der Waals surface area contributed by atoms with Crippen LogP contribution in [0.4, 0.5) is 11.8 Å². The van der Waals surface area contributed by atoms with E-state index in [0.717, 1.165) is 16.0 Å². The molecule has 2 heterocycles. The monoisotopic (exact) mass is 265 g/mol. The molecule has 1 amide bonds. The van der Waals surface area contributed by atoms with E-state index in [9.17, 15) is 4.79 Å². The minimum Gasteiger partial charge on any atom is -0.358 e. The molecule has 0 fully saturated rings. The van der Waals surface area contributed by atoms with Crippen LogP contribution in [0.15, 0.2) is 11.4 Å². The molecule has 0 saturated heterocycles. The molecule has 0 radical (unpaired) electrons. The summed E-state index contributed by atoms with van der Waals surface area (Å²) in [7, 11) is 5.24. The average molecular weight is 265 g/mol. The lowest BCUT2D eigenvalue weighted by atomic mass is 10.3. The summed E-state index contributed by atoms with van der Waals surface area (Å²) in [4.78, 5) is 22.9. The van der Waals surface area contributed by atoms with Gasteiger partial charge in [0, 0.05) is 21.1 Å². The third kappa shape index (κ3) is 2.35. The number of aromatic nitrogens is 2. The predicted octanol–water partition coefficient (Wildman–Crippen LogP) is 0.915. The summed E-state index contributed by atoms with van der Waals surface area (Å²) in [5.41, 5.74) is 0. The normalized spacial score (nSPS) is 10.4. The minimum absolute atomic E-state index is 0.0505. The molecule has 0 aliphatic heterocycles. The highest BCUT2D eigenvalue weighted by atomic mass is 32.1. The second-order valence-corrected chi connectivity index (χ2v) is 4.68. The average Bonchev–Trinajstić information content (AvgIpc) is 2.85. The fourth-order valence-corrected chi connectivity index (χ4v) is 2.37. The molecule has 2 aromatic rings. The van der Waals surface area contributed by atoms with E-state index in [0.29, 0.717) is 5.95 Å². The Balaban J connectivity index is 2.41.